The number of ketones is 1. The van der Waals surface area contributed by atoms with Crippen LogP contribution < -0.4 is 10.6 Å². The molecule has 0 radical (unpaired) electrons. The number of rotatable bonds is 5. The zero-order chi connectivity index (χ0) is 26.3. The van der Waals surface area contributed by atoms with Gasteiger partial charge in [-0.1, -0.05) is 94.3 Å². The van der Waals surface area contributed by atoms with Crippen molar-refractivity contribution in [2.24, 2.45) is 11.1 Å². The Morgan fingerprint density at radius 2 is 1.84 bits per heavy atom. The Bertz CT molecular complexity index is 1290. The summed E-state index contributed by atoms with van der Waals surface area (Å²) in [5.74, 6) is 0.368. The molecular formula is C29H35N5OS2. The van der Waals surface area contributed by atoms with E-state index in [0.717, 1.165) is 15.6 Å². The number of allylic oxidation sites excluding steroid dienone is 3. The molecule has 6 nitrogen and oxygen atoms in total. The van der Waals surface area contributed by atoms with Crippen molar-refractivity contribution in [3.63, 3.8) is 0 Å². The molecule has 1 unspecified atom stereocenters. The van der Waals surface area contributed by atoms with Gasteiger partial charge in [-0.05, 0) is 41.7 Å². The summed E-state index contributed by atoms with van der Waals surface area (Å²) >= 11 is 3.31. The molecule has 5 rings (SSSR count). The van der Waals surface area contributed by atoms with Crippen LogP contribution >= 0.6 is 23.1 Å². The lowest BCUT2D eigenvalue weighted by molar-refractivity contribution is -0.118. The summed E-state index contributed by atoms with van der Waals surface area (Å²) < 4.78 is 0.920. The normalized spacial score (nSPS) is 22.4. The van der Waals surface area contributed by atoms with E-state index in [4.69, 9.17) is 5.73 Å². The van der Waals surface area contributed by atoms with Gasteiger partial charge < -0.3 is 5.73 Å². The summed E-state index contributed by atoms with van der Waals surface area (Å²) in [6.45, 7) is 8.54. The molecule has 37 heavy (non-hydrogen) atoms. The van der Waals surface area contributed by atoms with Gasteiger partial charge in [-0.15, -0.1) is 10.2 Å². The van der Waals surface area contributed by atoms with Crippen LogP contribution in [-0.2, 0) is 4.79 Å². The second-order valence-electron chi connectivity index (χ2n) is 11.5. The minimum absolute atomic E-state index is 0.0794. The lowest BCUT2D eigenvalue weighted by Crippen LogP contribution is -2.42. The maximum absolute atomic E-state index is 13.7. The number of nitriles is 1. The molecule has 2 heterocycles. The van der Waals surface area contributed by atoms with E-state index in [1.165, 1.54) is 49.0 Å². The third kappa shape index (κ3) is 5.08. The van der Waals surface area contributed by atoms with Crippen LogP contribution in [0.2, 0.25) is 0 Å². The number of nitrogens with zero attached hydrogens (tertiary/aromatic N) is 4. The molecule has 2 aliphatic carbocycles. The zero-order valence-corrected chi connectivity index (χ0v) is 23.7. The quantitative estimate of drug-likeness (QED) is 0.441. The van der Waals surface area contributed by atoms with E-state index in [9.17, 15) is 10.1 Å². The van der Waals surface area contributed by atoms with Crippen LogP contribution in [0, 0.1) is 16.7 Å². The van der Waals surface area contributed by atoms with E-state index < -0.39 is 5.92 Å². The maximum atomic E-state index is 13.7. The van der Waals surface area contributed by atoms with E-state index in [-0.39, 0.29) is 11.2 Å². The number of aromatic nitrogens is 2. The van der Waals surface area contributed by atoms with Gasteiger partial charge in [0.2, 0.25) is 5.13 Å². The van der Waals surface area contributed by atoms with Gasteiger partial charge in [0.25, 0.3) is 0 Å². The van der Waals surface area contributed by atoms with Crippen LogP contribution in [0.25, 0.3) is 0 Å². The van der Waals surface area contributed by atoms with E-state index in [0.29, 0.717) is 46.1 Å². The fourth-order valence-electron chi connectivity index (χ4n) is 5.80. The third-order valence-electron chi connectivity index (χ3n) is 7.72. The number of benzene rings is 1. The van der Waals surface area contributed by atoms with Gasteiger partial charge >= 0.3 is 0 Å². The van der Waals surface area contributed by atoms with Crippen molar-refractivity contribution in [3.05, 3.63) is 58.1 Å². The Balaban J connectivity index is 1.59. The van der Waals surface area contributed by atoms with Gasteiger partial charge in [0.1, 0.15) is 5.82 Å². The number of thioether (sulfide) groups is 1. The van der Waals surface area contributed by atoms with Gasteiger partial charge in [0.05, 0.1) is 17.6 Å². The summed E-state index contributed by atoms with van der Waals surface area (Å²) in [7, 11) is 0. The number of carbonyl (C=O) groups is 1. The number of hydrogen-bond donors (Lipinski definition) is 1. The molecule has 8 heteroatoms. The molecule has 2 aromatic rings. The van der Waals surface area contributed by atoms with E-state index in [2.05, 4.69) is 56.1 Å². The van der Waals surface area contributed by atoms with Gasteiger partial charge in [-0.3, -0.25) is 9.69 Å². The molecule has 0 amide bonds. The van der Waals surface area contributed by atoms with Crippen molar-refractivity contribution < 1.29 is 4.79 Å². The zero-order valence-electron chi connectivity index (χ0n) is 22.1. The Labute approximate surface area is 228 Å². The number of Topliss-reactive ketones (excluding diaryl/α,β-unsaturated/α-hetero) is 1. The molecule has 1 atom stereocenters. The molecule has 1 aliphatic heterocycles. The molecule has 0 saturated heterocycles. The number of carbonyl (C=O) groups excluding carboxylic acids is 1. The Morgan fingerprint density at radius 1 is 1.14 bits per heavy atom. The van der Waals surface area contributed by atoms with Gasteiger partial charge in [0.15, 0.2) is 10.1 Å². The SMILES string of the molecule is CC(C)c1ccc(C2C(C#N)=C(N)N(c3nnc(SC4CCCCC4)s3)C3=C2C(=O)CC(C)(C)C3)cc1. The summed E-state index contributed by atoms with van der Waals surface area (Å²) in [6.07, 6.45) is 7.38. The first-order valence-corrected chi connectivity index (χ1v) is 14.9. The topological polar surface area (TPSA) is 95.9 Å². The molecular weight excluding hydrogens is 498 g/mol. The van der Waals surface area contributed by atoms with Crippen LogP contribution in [0.15, 0.2) is 51.3 Å². The molecule has 0 spiro atoms. The van der Waals surface area contributed by atoms with Gasteiger partial charge in [0, 0.05) is 22.9 Å². The Kier molecular flexibility index (Phi) is 7.21. The minimum atomic E-state index is -0.468. The van der Waals surface area contributed by atoms with Gasteiger partial charge in [-0.2, -0.15) is 5.26 Å². The monoisotopic (exact) mass is 533 g/mol. The average Bonchev–Trinajstić information content (AvgIpc) is 3.31. The first-order valence-electron chi connectivity index (χ1n) is 13.2. The molecule has 0 bridgehead atoms. The molecule has 2 N–H and O–H groups in total. The highest BCUT2D eigenvalue weighted by Gasteiger charge is 2.45. The van der Waals surface area contributed by atoms with Crippen molar-refractivity contribution in [2.45, 2.75) is 94.1 Å². The standard InChI is InChI=1S/C29H35N5OS2/c1-17(2)18-10-12-19(13-11-18)24-21(16-30)26(31)34(22-14-29(3,4)15-23(35)25(22)24)27-32-33-28(37-27)36-20-8-6-5-7-9-20/h10-13,17,20,24H,5-9,14-15,31H2,1-4H3. The number of anilines is 1. The molecule has 1 saturated carbocycles. The second-order valence-corrected chi connectivity index (χ2v) is 14.0. The fourth-order valence-corrected chi connectivity index (χ4v) is 8.19. The highest BCUT2D eigenvalue weighted by Crippen LogP contribution is 2.51. The number of hydrogen-bond acceptors (Lipinski definition) is 8. The molecule has 1 aromatic heterocycles. The molecule has 3 aliphatic rings. The third-order valence-corrected chi connectivity index (χ3v) is 10.1. The smallest absolute Gasteiger partial charge is 0.219 e. The van der Waals surface area contributed by atoms with Gasteiger partial charge in [-0.25, -0.2) is 0 Å². The largest absolute Gasteiger partial charge is 0.384 e. The fraction of sp³-hybridized carbons (Fsp3) is 0.517. The summed E-state index contributed by atoms with van der Waals surface area (Å²) in [5.41, 5.74) is 10.7. The maximum Gasteiger partial charge on any atom is 0.219 e. The first kappa shape index (κ1) is 26.0. The van der Waals surface area contributed by atoms with E-state index in [1.807, 2.05) is 17.0 Å². The van der Waals surface area contributed by atoms with Crippen molar-refractivity contribution in [2.75, 3.05) is 4.90 Å². The van der Waals surface area contributed by atoms with Crippen molar-refractivity contribution in [3.8, 4) is 6.07 Å². The average molecular weight is 534 g/mol. The predicted molar refractivity (Wildman–Crippen MR) is 150 cm³/mol. The van der Waals surface area contributed by atoms with Crippen molar-refractivity contribution in [1.82, 2.24) is 10.2 Å². The van der Waals surface area contributed by atoms with Crippen molar-refractivity contribution in [1.29, 1.82) is 5.26 Å². The Hall–Kier alpha value is -2.63. The molecule has 194 valence electrons. The Morgan fingerprint density at radius 3 is 2.49 bits per heavy atom. The van der Waals surface area contributed by atoms with Crippen LogP contribution in [0.3, 0.4) is 0 Å². The van der Waals surface area contributed by atoms with E-state index in [1.54, 1.807) is 11.8 Å². The van der Waals surface area contributed by atoms with Crippen LogP contribution in [0.5, 0.6) is 0 Å². The molecule has 1 fully saturated rings. The lowest BCUT2D eigenvalue weighted by Gasteiger charge is -2.42. The second kappa shape index (κ2) is 10.3. The lowest BCUT2D eigenvalue weighted by atomic mass is 9.68. The summed E-state index contributed by atoms with van der Waals surface area (Å²) in [5, 5.41) is 20.5. The number of nitrogens with two attached hydrogens (primary N) is 1. The highest BCUT2D eigenvalue weighted by atomic mass is 32.2. The minimum Gasteiger partial charge on any atom is -0.384 e. The van der Waals surface area contributed by atoms with Crippen molar-refractivity contribution >= 4 is 34.0 Å². The predicted octanol–water partition coefficient (Wildman–Crippen LogP) is 7.03. The van der Waals surface area contributed by atoms with Crippen LogP contribution in [0.1, 0.15) is 95.6 Å². The van der Waals surface area contributed by atoms with E-state index >= 15 is 0 Å². The molecule has 1 aromatic carbocycles. The van der Waals surface area contributed by atoms with Crippen LogP contribution in [-0.4, -0.2) is 21.2 Å². The summed E-state index contributed by atoms with van der Waals surface area (Å²) in [4.78, 5) is 15.6. The highest BCUT2D eigenvalue weighted by molar-refractivity contribution is 8.01. The first-order chi connectivity index (χ1) is 17.7. The summed E-state index contributed by atoms with van der Waals surface area (Å²) in [6, 6.07) is 10.6. The van der Waals surface area contributed by atoms with Crippen LogP contribution in [0.4, 0.5) is 5.13 Å².